The predicted molar refractivity (Wildman–Crippen MR) is 100 cm³/mol. The zero-order chi connectivity index (χ0) is 18.8. The number of nitrogens with zero attached hydrogens (tertiary/aromatic N) is 3. The normalized spacial score (nSPS) is 21.8. The average Bonchev–Trinajstić information content (AvgIpc) is 3.39. The van der Waals surface area contributed by atoms with Gasteiger partial charge in [-0.3, -0.25) is 24.0 Å². The third-order valence-corrected chi connectivity index (χ3v) is 5.56. The molecule has 7 heteroatoms. The monoisotopic (exact) mass is 362 g/mol. The predicted octanol–water partition coefficient (Wildman–Crippen LogP) is 0.814. The Morgan fingerprint density at radius 3 is 2.65 bits per heavy atom. The fraction of sp³-hybridized carbons (Fsp3) is 0.737. The van der Waals surface area contributed by atoms with Crippen LogP contribution in [0.25, 0.3) is 0 Å². The number of aryl methyl sites for hydroxylation is 1. The summed E-state index contributed by atoms with van der Waals surface area (Å²) < 4.78 is 1.30. The van der Waals surface area contributed by atoms with Crippen LogP contribution in [0.3, 0.4) is 0 Å². The van der Waals surface area contributed by atoms with Crippen molar-refractivity contribution in [3.63, 3.8) is 0 Å². The van der Waals surface area contributed by atoms with Gasteiger partial charge < -0.3 is 4.90 Å². The Labute approximate surface area is 154 Å². The zero-order valence-electron chi connectivity index (χ0n) is 16.0. The quantitative estimate of drug-likeness (QED) is 0.841. The van der Waals surface area contributed by atoms with Gasteiger partial charge in [0.1, 0.15) is 6.54 Å². The average molecular weight is 362 g/mol. The van der Waals surface area contributed by atoms with Crippen molar-refractivity contribution in [2.24, 2.45) is 11.8 Å². The van der Waals surface area contributed by atoms with E-state index >= 15 is 0 Å². The molecule has 26 heavy (non-hydrogen) atoms. The van der Waals surface area contributed by atoms with Crippen molar-refractivity contribution in [3.8, 4) is 0 Å². The highest BCUT2D eigenvalue weighted by atomic mass is 16.2. The summed E-state index contributed by atoms with van der Waals surface area (Å²) in [5.74, 6) is 1.25. The zero-order valence-corrected chi connectivity index (χ0v) is 16.0. The lowest BCUT2D eigenvalue weighted by molar-refractivity contribution is -0.132. The first-order valence-corrected chi connectivity index (χ1v) is 9.67. The van der Waals surface area contributed by atoms with Crippen LogP contribution in [-0.2, 0) is 11.3 Å². The van der Waals surface area contributed by atoms with Gasteiger partial charge in [-0.05, 0) is 38.0 Å². The van der Waals surface area contributed by atoms with E-state index in [0.29, 0.717) is 24.1 Å². The maximum Gasteiger partial charge on any atom is 0.328 e. The Bertz CT molecular complexity index is 763. The number of hydrogen-bond donors (Lipinski definition) is 1. The van der Waals surface area contributed by atoms with Crippen LogP contribution < -0.4 is 11.2 Å². The molecule has 1 saturated heterocycles. The number of amides is 1. The molecule has 3 rings (SSSR count). The molecule has 1 aromatic heterocycles. The fourth-order valence-corrected chi connectivity index (χ4v) is 3.76. The van der Waals surface area contributed by atoms with Crippen molar-refractivity contribution in [1.82, 2.24) is 19.4 Å². The number of nitrogens with one attached hydrogen (secondary N) is 1. The summed E-state index contributed by atoms with van der Waals surface area (Å²) in [5, 5.41) is 0. The van der Waals surface area contributed by atoms with Crippen molar-refractivity contribution in [2.45, 2.75) is 52.6 Å². The van der Waals surface area contributed by atoms with Crippen molar-refractivity contribution < 1.29 is 4.79 Å². The van der Waals surface area contributed by atoms with Crippen LogP contribution in [0, 0.1) is 18.8 Å². The Hall–Kier alpha value is -1.89. The molecule has 0 bridgehead atoms. The molecular formula is C19H30N4O3. The highest BCUT2D eigenvalue weighted by Crippen LogP contribution is 2.31. The van der Waals surface area contributed by atoms with Gasteiger partial charge in [-0.2, -0.15) is 0 Å². The molecule has 1 aliphatic heterocycles. The van der Waals surface area contributed by atoms with Gasteiger partial charge in [0.25, 0.3) is 5.56 Å². The van der Waals surface area contributed by atoms with Gasteiger partial charge in [0.2, 0.25) is 5.91 Å². The first kappa shape index (κ1) is 18.9. The molecule has 2 heterocycles. The molecule has 1 saturated carbocycles. The first-order valence-electron chi connectivity index (χ1n) is 9.67. The van der Waals surface area contributed by atoms with Crippen LogP contribution >= 0.6 is 0 Å². The molecule has 1 amide bonds. The lowest BCUT2D eigenvalue weighted by atomic mass is 10.0. The number of rotatable bonds is 5. The molecule has 0 unspecified atom stereocenters. The van der Waals surface area contributed by atoms with E-state index in [0.717, 1.165) is 32.0 Å². The third kappa shape index (κ3) is 4.44. The molecule has 2 aliphatic rings. The van der Waals surface area contributed by atoms with Gasteiger partial charge in [0.15, 0.2) is 0 Å². The second-order valence-electron chi connectivity index (χ2n) is 8.14. The van der Waals surface area contributed by atoms with Crippen LogP contribution in [0.2, 0.25) is 0 Å². The fourth-order valence-electron chi connectivity index (χ4n) is 3.76. The van der Waals surface area contributed by atoms with Crippen LogP contribution in [0.4, 0.5) is 0 Å². The molecule has 0 aromatic carbocycles. The summed E-state index contributed by atoms with van der Waals surface area (Å²) in [6.07, 6.45) is 5.09. The number of carbonyl (C=O) groups excluding carboxylic acids is 1. The summed E-state index contributed by atoms with van der Waals surface area (Å²) in [4.78, 5) is 43.0. The standard InChI is InChI=1S/C19H30N4O3/c1-13(2)16-11-22(8-4-7-21(16)10-15-5-6-15)17(24)12-23-9-14(3)18(25)20-19(23)26/h9,13,15-16H,4-8,10-12H2,1-3H3,(H,20,25,26)/t16-/m1/s1. The lowest BCUT2D eigenvalue weighted by Gasteiger charge is -2.34. The highest BCUT2D eigenvalue weighted by molar-refractivity contribution is 5.76. The van der Waals surface area contributed by atoms with E-state index in [4.69, 9.17) is 0 Å². The summed E-state index contributed by atoms with van der Waals surface area (Å²) in [5.41, 5.74) is -0.493. The maximum atomic E-state index is 12.8. The van der Waals surface area contributed by atoms with Gasteiger partial charge in [-0.25, -0.2) is 4.79 Å². The van der Waals surface area contributed by atoms with E-state index in [9.17, 15) is 14.4 Å². The molecule has 0 radical (unpaired) electrons. The minimum absolute atomic E-state index is 0.0239. The minimum Gasteiger partial charge on any atom is -0.340 e. The Morgan fingerprint density at radius 1 is 1.27 bits per heavy atom. The van der Waals surface area contributed by atoms with Gasteiger partial charge in [0, 0.05) is 44.0 Å². The number of H-pyrrole nitrogens is 1. The molecule has 1 atom stereocenters. The molecule has 1 N–H and O–H groups in total. The number of carbonyl (C=O) groups is 1. The Balaban J connectivity index is 1.71. The van der Waals surface area contributed by atoms with Crippen LogP contribution in [-0.4, -0.2) is 57.5 Å². The molecular weight excluding hydrogens is 332 g/mol. The number of aromatic amines is 1. The molecule has 144 valence electrons. The summed E-state index contributed by atoms with van der Waals surface area (Å²) in [6.45, 7) is 9.65. The van der Waals surface area contributed by atoms with Crippen molar-refractivity contribution in [1.29, 1.82) is 0 Å². The van der Waals surface area contributed by atoms with Crippen molar-refractivity contribution >= 4 is 5.91 Å². The van der Waals surface area contributed by atoms with Crippen LogP contribution in [0.15, 0.2) is 15.8 Å². The van der Waals surface area contributed by atoms with E-state index in [1.54, 1.807) is 6.92 Å². The topological polar surface area (TPSA) is 78.4 Å². The molecule has 7 nitrogen and oxygen atoms in total. The largest absolute Gasteiger partial charge is 0.340 e. The lowest BCUT2D eigenvalue weighted by Crippen LogP contribution is -2.47. The number of aromatic nitrogens is 2. The van der Waals surface area contributed by atoms with Gasteiger partial charge >= 0.3 is 5.69 Å². The van der Waals surface area contributed by atoms with Crippen LogP contribution in [0.5, 0.6) is 0 Å². The minimum atomic E-state index is -0.528. The van der Waals surface area contributed by atoms with E-state index < -0.39 is 11.2 Å². The molecule has 1 aromatic rings. The second-order valence-corrected chi connectivity index (χ2v) is 8.14. The highest BCUT2D eigenvalue weighted by Gasteiger charge is 2.33. The summed E-state index contributed by atoms with van der Waals surface area (Å²) in [6, 6.07) is 0.357. The third-order valence-electron chi connectivity index (χ3n) is 5.56. The Morgan fingerprint density at radius 2 is 2.00 bits per heavy atom. The molecule has 0 spiro atoms. The summed E-state index contributed by atoms with van der Waals surface area (Å²) >= 11 is 0. The maximum absolute atomic E-state index is 12.8. The van der Waals surface area contributed by atoms with E-state index in [-0.39, 0.29) is 12.5 Å². The SMILES string of the molecule is Cc1cn(CC(=O)N2CCCN(CC3CC3)[C@@H](C(C)C)C2)c(=O)[nH]c1=O. The van der Waals surface area contributed by atoms with Crippen molar-refractivity contribution in [3.05, 3.63) is 32.6 Å². The van der Waals surface area contributed by atoms with Gasteiger partial charge in [0.05, 0.1) is 0 Å². The number of hydrogen-bond acceptors (Lipinski definition) is 4. The van der Waals surface area contributed by atoms with Gasteiger partial charge in [-0.1, -0.05) is 13.8 Å². The first-order chi connectivity index (χ1) is 12.3. The Kier molecular flexibility index (Phi) is 5.65. The van der Waals surface area contributed by atoms with Gasteiger partial charge in [-0.15, -0.1) is 0 Å². The van der Waals surface area contributed by atoms with Crippen molar-refractivity contribution in [2.75, 3.05) is 26.2 Å². The molecule has 1 aliphatic carbocycles. The van der Waals surface area contributed by atoms with Crippen LogP contribution in [0.1, 0.15) is 38.7 Å². The summed E-state index contributed by atoms with van der Waals surface area (Å²) in [7, 11) is 0. The second kappa shape index (κ2) is 7.78. The van der Waals surface area contributed by atoms with E-state index in [1.165, 1.54) is 23.6 Å². The molecule has 2 fully saturated rings. The smallest absolute Gasteiger partial charge is 0.328 e. The van der Waals surface area contributed by atoms with E-state index in [1.807, 2.05) is 4.90 Å². The van der Waals surface area contributed by atoms with E-state index in [2.05, 4.69) is 23.7 Å².